The quantitative estimate of drug-likeness (QED) is 0.648. The van der Waals surface area contributed by atoms with Gasteiger partial charge in [0.05, 0.1) is 6.54 Å². The molecule has 6 heteroatoms. The Hall–Kier alpha value is -0.390. The van der Waals surface area contributed by atoms with E-state index in [0.717, 1.165) is 0 Å². The molecule has 0 aromatic carbocycles. The van der Waals surface area contributed by atoms with Gasteiger partial charge in [-0.15, -0.1) is 0 Å². The number of halogens is 5. The molecule has 0 atom stereocenters. The summed E-state index contributed by atoms with van der Waals surface area (Å²) in [7, 11) is 1.17. The van der Waals surface area contributed by atoms with Crippen molar-refractivity contribution in [2.24, 2.45) is 0 Å². The highest BCUT2D eigenvalue weighted by molar-refractivity contribution is 4.72. The second-order valence-electron chi connectivity index (χ2n) is 2.18. The Balaban J connectivity index is 3.91. The van der Waals surface area contributed by atoms with Crippen molar-refractivity contribution < 1.29 is 22.0 Å². The predicted molar refractivity (Wildman–Crippen MR) is 29.5 cm³/mol. The van der Waals surface area contributed by atoms with Crippen molar-refractivity contribution in [3.05, 3.63) is 0 Å². The lowest BCUT2D eigenvalue weighted by atomic mass is 10.2. The number of rotatable bonds is 3. The first-order chi connectivity index (χ1) is 4.77. The fourth-order valence-electron chi connectivity index (χ4n) is 0.614. The molecule has 0 saturated carbocycles. The fraction of sp³-hybridized carbons (Fsp3) is 1.00. The molecule has 0 unspecified atom stereocenters. The maximum absolute atomic E-state index is 12.1. The minimum atomic E-state index is -4.81. The average molecular weight is 177 g/mol. The minimum absolute atomic E-state index is 0.952. The molecule has 0 aliphatic rings. The lowest BCUT2D eigenvalue weighted by Crippen LogP contribution is -2.35. The van der Waals surface area contributed by atoms with E-state index in [4.69, 9.17) is 0 Å². The van der Waals surface area contributed by atoms with Crippen LogP contribution < -0.4 is 5.32 Å². The molecule has 0 radical (unpaired) electrons. The molecule has 0 amide bonds. The molecule has 68 valence electrons. The normalized spacial score (nSPS) is 13.6. The maximum Gasteiger partial charge on any atom is 0.394 e. The zero-order valence-corrected chi connectivity index (χ0v) is 5.80. The SMILES string of the molecule is CNCC(F)(F)CC(F)(F)F. The Morgan fingerprint density at radius 2 is 1.55 bits per heavy atom. The van der Waals surface area contributed by atoms with Crippen LogP contribution in [0.3, 0.4) is 0 Å². The predicted octanol–water partition coefficient (Wildman–Crippen LogP) is 1.79. The van der Waals surface area contributed by atoms with Crippen molar-refractivity contribution in [1.82, 2.24) is 5.32 Å². The van der Waals surface area contributed by atoms with E-state index < -0.39 is 25.1 Å². The first-order valence-corrected chi connectivity index (χ1v) is 2.86. The van der Waals surface area contributed by atoms with Crippen LogP contribution in [0.4, 0.5) is 22.0 Å². The minimum Gasteiger partial charge on any atom is -0.314 e. The first-order valence-electron chi connectivity index (χ1n) is 2.86. The van der Waals surface area contributed by atoms with E-state index in [9.17, 15) is 22.0 Å². The third kappa shape index (κ3) is 6.03. The summed E-state index contributed by atoms with van der Waals surface area (Å²) in [5.41, 5.74) is 0. The van der Waals surface area contributed by atoms with Crippen LogP contribution in [0.1, 0.15) is 6.42 Å². The third-order valence-electron chi connectivity index (χ3n) is 0.894. The zero-order valence-electron chi connectivity index (χ0n) is 5.80. The van der Waals surface area contributed by atoms with Gasteiger partial charge in [-0.05, 0) is 7.05 Å². The summed E-state index contributed by atoms with van der Waals surface area (Å²) in [6.45, 7) is -0.952. The smallest absolute Gasteiger partial charge is 0.314 e. The molecule has 1 nitrogen and oxygen atoms in total. The van der Waals surface area contributed by atoms with Crippen LogP contribution in [-0.4, -0.2) is 25.7 Å². The molecular formula is C5H8F5N. The molecule has 0 spiro atoms. The standard InChI is InChI=1S/C5H8F5N/c1-11-3-4(6,7)2-5(8,9)10/h11H,2-3H2,1H3. The van der Waals surface area contributed by atoms with E-state index in [2.05, 4.69) is 0 Å². The molecule has 0 bridgehead atoms. The summed E-state index contributed by atoms with van der Waals surface area (Å²) in [4.78, 5) is 0. The van der Waals surface area contributed by atoms with Gasteiger partial charge in [-0.3, -0.25) is 0 Å². The van der Waals surface area contributed by atoms with Gasteiger partial charge in [-0.2, -0.15) is 13.2 Å². The van der Waals surface area contributed by atoms with Gasteiger partial charge in [0.15, 0.2) is 0 Å². The van der Waals surface area contributed by atoms with Gasteiger partial charge < -0.3 is 5.32 Å². The van der Waals surface area contributed by atoms with E-state index in [1.165, 1.54) is 7.05 Å². The van der Waals surface area contributed by atoms with Gasteiger partial charge in [0.1, 0.15) is 6.42 Å². The Morgan fingerprint density at radius 3 is 1.82 bits per heavy atom. The van der Waals surface area contributed by atoms with Gasteiger partial charge in [-0.25, -0.2) is 8.78 Å². The Morgan fingerprint density at radius 1 is 1.09 bits per heavy atom. The van der Waals surface area contributed by atoms with E-state index in [1.807, 2.05) is 5.32 Å². The number of nitrogens with one attached hydrogen (secondary N) is 1. The van der Waals surface area contributed by atoms with Crippen LogP contribution in [0, 0.1) is 0 Å². The summed E-state index contributed by atoms with van der Waals surface area (Å²) in [6, 6.07) is 0. The summed E-state index contributed by atoms with van der Waals surface area (Å²) >= 11 is 0. The summed E-state index contributed by atoms with van der Waals surface area (Å²) < 4.78 is 58.4. The highest BCUT2D eigenvalue weighted by Crippen LogP contribution is 2.30. The molecule has 11 heavy (non-hydrogen) atoms. The van der Waals surface area contributed by atoms with Gasteiger partial charge in [0.2, 0.25) is 0 Å². The molecular weight excluding hydrogens is 169 g/mol. The monoisotopic (exact) mass is 177 g/mol. The summed E-state index contributed by atoms with van der Waals surface area (Å²) in [6.07, 6.45) is -6.87. The van der Waals surface area contributed by atoms with E-state index >= 15 is 0 Å². The third-order valence-corrected chi connectivity index (χ3v) is 0.894. The Bertz CT molecular complexity index is 119. The van der Waals surface area contributed by atoms with Crippen molar-refractivity contribution in [2.45, 2.75) is 18.5 Å². The van der Waals surface area contributed by atoms with E-state index in [1.54, 1.807) is 0 Å². The molecule has 0 heterocycles. The lowest BCUT2D eigenvalue weighted by molar-refractivity contribution is -0.185. The molecule has 0 rings (SSSR count). The van der Waals surface area contributed by atoms with Crippen molar-refractivity contribution >= 4 is 0 Å². The van der Waals surface area contributed by atoms with Crippen molar-refractivity contribution in [3.63, 3.8) is 0 Å². The van der Waals surface area contributed by atoms with E-state index in [-0.39, 0.29) is 0 Å². The summed E-state index contributed by atoms with van der Waals surface area (Å²) in [5, 5.41) is 1.98. The van der Waals surface area contributed by atoms with Crippen molar-refractivity contribution in [3.8, 4) is 0 Å². The second-order valence-corrected chi connectivity index (χ2v) is 2.18. The first kappa shape index (κ1) is 10.6. The van der Waals surface area contributed by atoms with Crippen LogP contribution in [0.2, 0.25) is 0 Å². The summed E-state index contributed by atoms with van der Waals surface area (Å²) in [5.74, 6) is -3.70. The Kier molecular flexibility index (Phi) is 3.22. The largest absolute Gasteiger partial charge is 0.394 e. The van der Waals surface area contributed by atoms with Crippen LogP contribution in [0.5, 0.6) is 0 Å². The molecule has 0 fully saturated rings. The van der Waals surface area contributed by atoms with Crippen molar-refractivity contribution in [1.29, 1.82) is 0 Å². The topological polar surface area (TPSA) is 12.0 Å². The van der Waals surface area contributed by atoms with Gasteiger partial charge in [0, 0.05) is 0 Å². The molecule has 0 saturated heterocycles. The van der Waals surface area contributed by atoms with Crippen LogP contribution in [-0.2, 0) is 0 Å². The molecule has 0 aliphatic heterocycles. The molecule has 0 aliphatic carbocycles. The highest BCUT2D eigenvalue weighted by Gasteiger charge is 2.42. The second kappa shape index (κ2) is 3.34. The van der Waals surface area contributed by atoms with Gasteiger partial charge in [-0.1, -0.05) is 0 Å². The number of hydrogen-bond acceptors (Lipinski definition) is 1. The van der Waals surface area contributed by atoms with Crippen molar-refractivity contribution in [2.75, 3.05) is 13.6 Å². The van der Waals surface area contributed by atoms with Crippen LogP contribution in [0.15, 0.2) is 0 Å². The molecule has 1 N–H and O–H groups in total. The highest BCUT2D eigenvalue weighted by atomic mass is 19.4. The zero-order chi connectivity index (χ0) is 9.12. The lowest BCUT2D eigenvalue weighted by Gasteiger charge is -2.16. The molecule has 0 aromatic heterocycles. The van der Waals surface area contributed by atoms with E-state index in [0.29, 0.717) is 0 Å². The fourth-order valence-corrected chi connectivity index (χ4v) is 0.614. The van der Waals surface area contributed by atoms with Crippen LogP contribution >= 0.6 is 0 Å². The number of hydrogen-bond donors (Lipinski definition) is 1. The van der Waals surface area contributed by atoms with Gasteiger partial charge >= 0.3 is 6.18 Å². The average Bonchev–Trinajstić information content (AvgIpc) is 1.55. The number of alkyl halides is 5. The Labute approximate surface area is 60.6 Å². The van der Waals surface area contributed by atoms with Crippen LogP contribution in [0.25, 0.3) is 0 Å². The molecule has 0 aromatic rings. The van der Waals surface area contributed by atoms with Gasteiger partial charge in [0.25, 0.3) is 5.92 Å². The maximum atomic E-state index is 12.1.